The fourth-order valence-electron chi connectivity index (χ4n) is 1.67. The molecule has 0 spiro atoms. The van der Waals surface area contributed by atoms with Crippen molar-refractivity contribution in [3.8, 4) is 17.1 Å². The van der Waals surface area contributed by atoms with Crippen molar-refractivity contribution < 1.29 is 9.15 Å². The topological polar surface area (TPSA) is 47.3 Å². The molecule has 0 radical (unpaired) electrons. The number of hydrogen-bond donors (Lipinski definition) is 1. The lowest BCUT2D eigenvalue weighted by Gasteiger charge is -2.07. The Morgan fingerprint density at radius 1 is 1.28 bits per heavy atom. The molecular weight excluding hydrogens is 228 g/mol. The second-order valence-corrected chi connectivity index (χ2v) is 4.39. The number of nitrogens with one attached hydrogen (secondary N) is 1. The Bertz CT molecular complexity index is 489. The molecule has 0 atom stereocenters. The van der Waals surface area contributed by atoms with Gasteiger partial charge in [0.15, 0.2) is 12.2 Å². The highest BCUT2D eigenvalue weighted by atomic mass is 16.5. The summed E-state index contributed by atoms with van der Waals surface area (Å²) in [6, 6.07) is 8.19. The highest BCUT2D eigenvalue weighted by Gasteiger charge is 2.10. The standard InChI is InChI=1S/C14H18N2O2/c1-10(2)15-8-13-14(18-9-16-13)11-4-6-12(17-3)7-5-11/h4-7,9-10,15H,8H2,1-3H3. The quantitative estimate of drug-likeness (QED) is 0.881. The van der Waals surface area contributed by atoms with Gasteiger partial charge in [-0.15, -0.1) is 0 Å². The third-order valence-electron chi connectivity index (χ3n) is 2.67. The van der Waals surface area contributed by atoms with Crippen molar-refractivity contribution in [1.82, 2.24) is 10.3 Å². The number of oxazole rings is 1. The summed E-state index contributed by atoms with van der Waals surface area (Å²) in [7, 11) is 1.65. The Morgan fingerprint density at radius 3 is 2.61 bits per heavy atom. The predicted octanol–water partition coefficient (Wildman–Crippen LogP) is 2.85. The molecule has 0 aliphatic heterocycles. The van der Waals surface area contributed by atoms with E-state index in [1.54, 1.807) is 7.11 Å². The lowest BCUT2D eigenvalue weighted by atomic mass is 10.1. The molecule has 1 N–H and O–H groups in total. The number of methoxy groups -OCH3 is 1. The van der Waals surface area contributed by atoms with Crippen molar-refractivity contribution >= 4 is 0 Å². The van der Waals surface area contributed by atoms with E-state index in [4.69, 9.17) is 9.15 Å². The predicted molar refractivity (Wildman–Crippen MR) is 70.5 cm³/mol. The van der Waals surface area contributed by atoms with Gasteiger partial charge in [-0.05, 0) is 24.3 Å². The number of nitrogens with zero attached hydrogens (tertiary/aromatic N) is 1. The first-order chi connectivity index (χ1) is 8.70. The van der Waals surface area contributed by atoms with Crippen molar-refractivity contribution in [2.45, 2.75) is 26.4 Å². The lowest BCUT2D eigenvalue weighted by Crippen LogP contribution is -2.22. The van der Waals surface area contributed by atoms with Crippen LogP contribution in [0.25, 0.3) is 11.3 Å². The van der Waals surface area contributed by atoms with Crippen LogP contribution in [-0.2, 0) is 6.54 Å². The summed E-state index contributed by atoms with van der Waals surface area (Å²) in [5.41, 5.74) is 1.93. The molecule has 0 aliphatic carbocycles. The van der Waals surface area contributed by atoms with Crippen LogP contribution in [0.4, 0.5) is 0 Å². The number of rotatable bonds is 5. The summed E-state index contributed by atoms with van der Waals surface area (Å²) < 4.78 is 10.6. The van der Waals surface area contributed by atoms with Gasteiger partial charge in [-0.2, -0.15) is 0 Å². The SMILES string of the molecule is COc1ccc(-c2ocnc2CNC(C)C)cc1. The summed E-state index contributed by atoms with van der Waals surface area (Å²) in [6.45, 7) is 4.91. The van der Waals surface area contributed by atoms with Crippen molar-refractivity contribution in [2.75, 3.05) is 7.11 Å². The van der Waals surface area contributed by atoms with E-state index in [0.29, 0.717) is 12.6 Å². The molecule has 0 aliphatic rings. The average Bonchev–Trinajstić information content (AvgIpc) is 2.85. The Balaban J connectivity index is 2.19. The van der Waals surface area contributed by atoms with Gasteiger partial charge in [-0.25, -0.2) is 4.98 Å². The van der Waals surface area contributed by atoms with Crippen LogP contribution in [0.5, 0.6) is 5.75 Å². The normalized spacial score (nSPS) is 10.9. The molecule has 0 bridgehead atoms. The van der Waals surface area contributed by atoms with E-state index >= 15 is 0 Å². The summed E-state index contributed by atoms with van der Waals surface area (Å²) in [5.74, 6) is 1.64. The van der Waals surface area contributed by atoms with Gasteiger partial charge in [-0.3, -0.25) is 0 Å². The fourth-order valence-corrected chi connectivity index (χ4v) is 1.67. The summed E-state index contributed by atoms with van der Waals surface area (Å²) in [5, 5.41) is 3.33. The van der Waals surface area contributed by atoms with Crippen molar-refractivity contribution in [3.05, 3.63) is 36.4 Å². The fraction of sp³-hybridized carbons (Fsp3) is 0.357. The molecule has 0 unspecified atom stereocenters. The van der Waals surface area contributed by atoms with E-state index in [1.165, 1.54) is 6.39 Å². The second-order valence-electron chi connectivity index (χ2n) is 4.39. The van der Waals surface area contributed by atoms with Gasteiger partial charge in [0.05, 0.1) is 7.11 Å². The maximum atomic E-state index is 5.46. The Morgan fingerprint density at radius 2 is 2.00 bits per heavy atom. The van der Waals surface area contributed by atoms with Crippen molar-refractivity contribution in [1.29, 1.82) is 0 Å². The first-order valence-electron chi connectivity index (χ1n) is 6.01. The van der Waals surface area contributed by atoms with Crippen molar-refractivity contribution in [3.63, 3.8) is 0 Å². The van der Waals surface area contributed by atoms with Crippen LogP contribution in [0, 0.1) is 0 Å². The molecule has 96 valence electrons. The molecule has 0 saturated carbocycles. The molecular formula is C14H18N2O2. The molecule has 4 nitrogen and oxygen atoms in total. The molecule has 2 rings (SSSR count). The van der Waals surface area contributed by atoms with E-state index in [1.807, 2.05) is 24.3 Å². The van der Waals surface area contributed by atoms with Crippen LogP contribution >= 0.6 is 0 Å². The highest BCUT2D eigenvalue weighted by molar-refractivity contribution is 5.60. The number of ether oxygens (including phenoxy) is 1. The van der Waals surface area contributed by atoms with Crippen LogP contribution in [-0.4, -0.2) is 18.1 Å². The third-order valence-corrected chi connectivity index (χ3v) is 2.67. The van der Waals surface area contributed by atoms with Crippen LogP contribution in [0.1, 0.15) is 19.5 Å². The maximum absolute atomic E-state index is 5.46. The number of aromatic nitrogens is 1. The summed E-state index contributed by atoms with van der Waals surface area (Å²) in [4.78, 5) is 4.25. The van der Waals surface area contributed by atoms with Gasteiger partial charge in [0.2, 0.25) is 0 Å². The van der Waals surface area contributed by atoms with Crippen LogP contribution in [0.2, 0.25) is 0 Å². The average molecular weight is 246 g/mol. The first kappa shape index (κ1) is 12.6. The monoisotopic (exact) mass is 246 g/mol. The van der Waals surface area contributed by atoms with E-state index in [0.717, 1.165) is 22.8 Å². The highest BCUT2D eigenvalue weighted by Crippen LogP contribution is 2.25. The smallest absolute Gasteiger partial charge is 0.181 e. The molecule has 4 heteroatoms. The molecule has 1 heterocycles. The van der Waals surface area contributed by atoms with Gasteiger partial charge in [-0.1, -0.05) is 13.8 Å². The zero-order chi connectivity index (χ0) is 13.0. The third kappa shape index (κ3) is 2.90. The molecule has 0 saturated heterocycles. The van der Waals surface area contributed by atoms with Gasteiger partial charge >= 0.3 is 0 Å². The number of benzene rings is 1. The molecule has 0 amide bonds. The number of hydrogen-bond acceptors (Lipinski definition) is 4. The lowest BCUT2D eigenvalue weighted by molar-refractivity contribution is 0.415. The van der Waals surface area contributed by atoms with E-state index in [2.05, 4.69) is 24.1 Å². The first-order valence-corrected chi connectivity index (χ1v) is 6.01. The molecule has 18 heavy (non-hydrogen) atoms. The Labute approximate surface area is 107 Å². The minimum atomic E-state index is 0.422. The van der Waals surface area contributed by atoms with E-state index in [9.17, 15) is 0 Å². The van der Waals surface area contributed by atoms with Crippen LogP contribution in [0.3, 0.4) is 0 Å². The van der Waals surface area contributed by atoms with E-state index in [-0.39, 0.29) is 0 Å². The van der Waals surface area contributed by atoms with Gasteiger partial charge in [0.25, 0.3) is 0 Å². The van der Waals surface area contributed by atoms with Crippen LogP contribution < -0.4 is 10.1 Å². The molecule has 1 aromatic carbocycles. The molecule has 0 fully saturated rings. The Hall–Kier alpha value is -1.81. The zero-order valence-electron chi connectivity index (χ0n) is 10.9. The largest absolute Gasteiger partial charge is 0.497 e. The maximum Gasteiger partial charge on any atom is 0.181 e. The van der Waals surface area contributed by atoms with Gasteiger partial charge in [0, 0.05) is 18.2 Å². The summed E-state index contributed by atoms with van der Waals surface area (Å²) in [6.07, 6.45) is 1.48. The van der Waals surface area contributed by atoms with E-state index < -0.39 is 0 Å². The summed E-state index contributed by atoms with van der Waals surface area (Å²) >= 11 is 0. The molecule has 1 aromatic heterocycles. The molecule has 2 aromatic rings. The van der Waals surface area contributed by atoms with Crippen LogP contribution in [0.15, 0.2) is 35.1 Å². The van der Waals surface area contributed by atoms with Gasteiger partial charge < -0.3 is 14.5 Å². The second kappa shape index (κ2) is 5.69. The van der Waals surface area contributed by atoms with Gasteiger partial charge in [0.1, 0.15) is 11.4 Å². The Kier molecular flexibility index (Phi) is 3.99. The minimum absolute atomic E-state index is 0.422. The zero-order valence-corrected chi connectivity index (χ0v) is 10.9. The van der Waals surface area contributed by atoms with Crippen molar-refractivity contribution in [2.24, 2.45) is 0 Å². The minimum Gasteiger partial charge on any atom is -0.497 e.